The van der Waals surface area contributed by atoms with Crippen LogP contribution in [0.5, 0.6) is 0 Å². The summed E-state index contributed by atoms with van der Waals surface area (Å²) < 4.78 is 2.02. The van der Waals surface area contributed by atoms with Gasteiger partial charge >= 0.3 is 0 Å². The van der Waals surface area contributed by atoms with Gasteiger partial charge in [-0.05, 0) is 25.8 Å². The standard InChI is InChI=1S/C19H31N7O/c20-9-5-3-1-2-4-6-10-22-17-16-18(25-19(21)24-17)26(13-23-16)15-8-7-14(11-15)12-27/h7-8,13-15,27H,1-6,9-12,20H2,(H3,21,22,24,25)/t14-,15+/m0/s1. The van der Waals surface area contributed by atoms with E-state index in [0.29, 0.717) is 5.82 Å². The van der Waals surface area contributed by atoms with Crippen molar-refractivity contribution in [2.45, 2.75) is 51.0 Å². The number of nitrogens with two attached hydrogens (primary N) is 2. The van der Waals surface area contributed by atoms with Gasteiger partial charge in [-0.15, -0.1) is 0 Å². The third-order valence-corrected chi connectivity index (χ3v) is 5.10. The summed E-state index contributed by atoms with van der Waals surface area (Å²) in [5.41, 5.74) is 12.9. The predicted octanol–water partition coefficient (Wildman–Crippen LogP) is 2.23. The van der Waals surface area contributed by atoms with Gasteiger partial charge in [0, 0.05) is 19.1 Å². The van der Waals surface area contributed by atoms with E-state index in [1.807, 2.05) is 10.6 Å². The van der Waals surface area contributed by atoms with Crippen LogP contribution in [-0.4, -0.2) is 44.3 Å². The molecule has 1 aliphatic rings. The average Bonchev–Trinajstić information content (AvgIpc) is 3.30. The number of unbranched alkanes of at least 4 members (excludes halogenated alkanes) is 5. The molecule has 0 amide bonds. The smallest absolute Gasteiger partial charge is 0.224 e. The molecule has 2 aromatic rings. The van der Waals surface area contributed by atoms with Gasteiger partial charge in [-0.25, -0.2) is 4.98 Å². The Morgan fingerprint density at radius 3 is 2.63 bits per heavy atom. The highest BCUT2D eigenvalue weighted by molar-refractivity contribution is 5.84. The number of aliphatic hydroxyl groups is 1. The highest BCUT2D eigenvalue weighted by Crippen LogP contribution is 2.31. The number of aromatic nitrogens is 4. The fraction of sp³-hybridized carbons (Fsp3) is 0.632. The summed E-state index contributed by atoms with van der Waals surface area (Å²) in [6.45, 7) is 1.79. The number of nitrogens with zero attached hydrogens (tertiary/aromatic N) is 4. The fourth-order valence-electron chi connectivity index (χ4n) is 3.58. The minimum Gasteiger partial charge on any atom is -0.396 e. The first kappa shape index (κ1) is 19.6. The molecule has 1 aliphatic carbocycles. The third-order valence-electron chi connectivity index (χ3n) is 5.10. The number of hydrogen-bond donors (Lipinski definition) is 4. The van der Waals surface area contributed by atoms with E-state index >= 15 is 0 Å². The summed E-state index contributed by atoms with van der Waals surface area (Å²) in [6.07, 6.45) is 13.9. The molecule has 0 aliphatic heterocycles. The molecule has 148 valence electrons. The van der Waals surface area contributed by atoms with Crippen LogP contribution in [0.1, 0.15) is 51.0 Å². The molecule has 0 unspecified atom stereocenters. The molecule has 2 heterocycles. The van der Waals surface area contributed by atoms with Crippen LogP contribution in [0.2, 0.25) is 0 Å². The molecule has 0 aromatic carbocycles. The Kier molecular flexibility index (Phi) is 7.00. The molecule has 27 heavy (non-hydrogen) atoms. The lowest BCUT2D eigenvalue weighted by Crippen LogP contribution is -2.10. The Balaban J connectivity index is 1.59. The summed E-state index contributed by atoms with van der Waals surface area (Å²) in [5, 5.41) is 12.7. The van der Waals surface area contributed by atoms with Crippen LogP contribution in [0.25, 0.3) is 11.2 Å². The van der Waals surface area contributed by atoms with E-state index < -0.39 is 0 Å². The average molecular weight is 374 g/mol. The molecule has 8 heteroatoms. The van der Waals surface area contributed by atoms with Crippen molar-refractivity contribution in [1.29, 1.82) is 0 Å². The van der Waals surface area contributed by atoms with Gasteiger partial charge in [-0.3, -0.25) is 0 Å². The predicted molar refractivity (Wildman–Crippen MR) is 108 cm³/mol. The van der Waals surface area contributed by atoms with Crippen molar-refractivity contribution in [3.05, 3.63) is 18.5 Å². The van der Waals surface area contributed by atoms with Crippen LogP contribution >= 0.6 is 0 Å². The summed E-state index contributed by atoms with van der Waals surface area (Å²) in [7, 11) is 0. The van der Waals surface area contributed by atoms with Crippen molar-refractivity contribution >= 4 is 22.9 Å². The van der Waals surface area contributed by atoms with Gasteiger partial charge in [-0.2, -0.15) is 9.97 Å². The van der Waals surface area contributed by atoms with Crippen LogP contribution in [0.3, 0.4) is 0 Å². The number of hydrogen-bond acceptors (Lipinski definition) is 7. The van der Waals surface area contributed by atoms with E-state index in [4.69, 9.17) is 11.5 Å². The molecule has 0 saturated heterocycles. The summed E-state index contributed by atoms with van der Waals surface area (Å²) >= 11 is 0. The zero-order valence-corrected chi connectivity index (χ0v) is 15.8. The first-order chi connectivity index (χ1) is 13.2. The monoisotopic (exact) mass is 373 g/mol. The normalized spacial score (nSPS) is 19.2. The Hall–Kier alpha value is -2.19. The van der Waals surface area contributed by atoms with Crippen LogP contribution in [-0.2, 0) is 0 Å². The molecule has 0 saturated carbocycles. The molecule has 2 atom stereocenters. The zero-order valence-electron chi connectivity index (χ0n) is 15.8. The number of aliphatic hydroxyl groups excluding tert-OH is 1. The van der Waals surface area contributed by atoms with Crippen molar-refractivity contribution in [3.8, 4) is 0 Å². The first-order valence-corrected chi connectivity index (χ1v) is 9.96. The number of anilines is 2. The lowest BCUT2D eigenvalue weighted by Gasteiger charge is -2.13. The molecule has 8 nitrogen and oxygen atoms in total. The molecule has 2 aromatic heterocycles. The van der Waals surface area contributed by atoms with Crippen molar-refractivity contribution < 1.29 is 5.11 Å². The molecule has 6 N–H and O–H groups in total. The Morgan fingerprint density at radius 1 is 1.11 bits per heavy atom. The molecular formula is C19H31N7O. The number of imidazole rings is 1. The van der Waals surface area contributed by atoms with E-state index in [1.165, 1.54) is 25.7 Å². The second-order valence-corrected chi connectivity index (χ2v) is 7.22. The minimum atomic E-state index is 0.142. The lowest BCUT2D eigenvalue weighted by molar-refractivity contribution is 0.244. The van der Waals surface area contributed by atoms with E-state index in [-0.39, 0.29) is 24.5 Å². The Morgan fingerprint density at radius 2 is 1.89 bits per heavy atom. The number of rotatable bonds is 11. The van der Waals surface area contributed by atoms with Gasteiger partial charge in [-0.1, -0.05) is 37.8 Å². The summed E-state index contributed by atoms with van der Waals surface area (Å²) in [4.78, 5) is 13.3. The van der Waals surface area contributed by atoms with Crippen molar-refractivity contribution in [2.75, 3.05) is 30.7 Å². The van der Waals surface area contributed by atoms with Crippen LogP contribution in [0.15, 0.2) is 18.5 Å². The number of fused-ring (bicyclic) bond motifs is 1. The Labute approximate surface area is 160 Å². The SMILES string of the molecule is NCCCCCCCCNc1nc(N)nc2c1ncn2[C@@H]1C=C[C@H](CO)C1. The first-order valence-electron chi connectivity index (χ1n) is 9.96. The van der Waals surface area contributed by atoms with Gasteiger partial charge in [0.1, 0.15) is 0 Å². The fourth-order valence-corrected chi connectivity index (χ4v) is 3.58. The van der Waals surface area contributed by atoms with E-state index in [2.05, 4.69) is 26.3 Å². The summed E-state index contributed by atoms with van der Waals surface area (Å²) in [6, 6.07) is 0.142. The number of nitrogen functional groups attached to an aromatic ring is 1. The van der Waals surface area contributed by atoms with Crippen LogP contribution in [0.4, 0.5) is 11.8 Å². The summed E-state index contributed by atoms with van der Waals surface area (Å²) in [5.74, 6) is 1.13. The number of nitrogens with one attached hydrogen (secondary N) is 1. The van der Waals surface area contributed by atoms with E-state index in [1.54, 1.807) is 6.33 Å². The van der Waals surface area contributed by atoms with Crippen molar-refractivity contribution in [2.24, 2.45) is 11.7 Å². The van der Waals surface area contributed by atoms with Crippen molar-refractivity contribution in [3.63, 3.8) is 0 Å². The maximum absolute atomic E-state index is 9.35. The molecule has 0 spiro atoms. The molecule has 0 radical (unpaired) electrons. The Bertz CT molecular complexity index is 758. The molecule has 0 bridgehead atoms. The maximum atomic E-state index is 9.35. The minimum absolute atomic E-state index is 0.142. The van der Waals surface area contributed by atoms with Gasteiger partial charge in [0.15, 0.2) is 17.0 Å². The zero-order chi connectivity index (χ0) is 19.1. The van der Waals surface area contributed by atoms with E-state index in [9.17, 15) is 5.11 Å². The van der Waals surface area contributed by atoms with Gasteiger partial charge in [0.2, 0.25) is 5.95 Å². The second-order valence-electron chi connectivity index (χ2n) is 7.22. The number of allylic oxidation sites excluding steroid dienone is 1. The highest BCUT2D eigenvalue weighted by atomic mass is 16.3. The topological polar surface area (TPSA) is 128 Å². The second kappa shape index (κ2) is 9.66. The lowest BCUT2D eigenvalue weighted by atomic mass is 10.1. The van der Waals surface area contributed by atoms with Gasteiger partial charge in [0.25, 0.3) is 0 Å². The van der Waals surface area contributed by atoms with Crippen molar-refractivity contribution in [1.82, 2.24) is 19.5 Å². The van der Waals surface area contributed by atoms with Gasteiger partial charge in [0.05, 0.1) is 12.4 Å². The molecular weight excluding hydrogens is 342 g/mol. The van der Waals surface area contributed by atoms with Gasteiger partial charge < -0.3 is 26.5 Å². The van der Waals surface area contributed by atoms with E-state index in [0.717, 1.165) is 43.5 Å². The largest absolute Gasteiger partial charge is 0.396 e. The maximum Gasteiger partial charge on any atom is 0.224 e. The van der Waals surface area contributed by atoms with Crippen LogP contribution < -0.4 is 16.8 Å². The third kappa shape index (κ3) is 4.95. The highest BCUT2D eigenvalue weighted by Gasteiger charge is 2.23. The van der Waals surface area contributed by atoms with Crippen LogP contribution in [0, 0.1) is 5.92 Å². The quantitative estimate of drug-likeness (QED) is 0.351. The molecule has 3 rings (SSSR count). The molecule has 0 fully saturated rings.